The first-order valence-corrected chi connectivity index (χ1v) is 6.64. The molecular weight excluding hydrogens is 226 g/mol. The molecule has 0 bridgehead atoms. The standard InChI is InChI=1S/C11H19NO3S/c1-7(2)4-5-10(13)12-8(3)16-6-9(12)11(14)15/h7-9H,4-6H2,1-3H3,(H,14,15). The van der Waals surface area contributed by atoms with Gasteiger partial charge in [-0.1, -0.05) is 13.8 Å². The number of aliphatic carboxylic acids is 1. The molecule has 92 valence electrons. The topological polar surface area (TPSA) is 57.6 Å². The minimum absolute atomic E-state index is 0.0132. The van der Waals surface area contributed by atoms with Crippen LogP contribution in [-0.2, 0) is 9.59 Å². The highest BCUT2D eigenvalue weighted by Gasteiger charge is 2.38. The van der Waals surface area contributed by atoms with E-state index in [2.05, 4.69) is 13.8 Å². The molecule has 1 fully saturated rings. The average molecular weight is 245 g/mol. The fraction of sp³-hybridized carbons (Fsp3) is 0.818. The Labute approximate surface area is 100 Å². The Kier molecular flexibility index (Phi) is 4.65. The Morgan fingerprint density at radius 1 is 1.50 bits per heavy atom. The third-order valence-corrected chi connectivity index (χ3v) is 3.95. The highest BCUT2D eigenvalue weighted by Crippen LogP contribution is 2.29. The van der Waals surface area contributed by atoms with Crippen molar-refractivity contribution in [1.82, 2.24) is 4.90 Å². The Balaban J connectivity index is 2.61. The molecule has 1 rings (SSSR count). The van der Waals surface area contributed by atoms with Crippen LogP contribution in [0, 0.1) is 5.92 Å². The molecule has 0 radical (unpaired) electrons. The number of thioether (sulfide) groups is 1. The van der Waals surface area contributed by atoms with Gasteiger partial charge in [-0.15, -0.1) is 11.8 Å². The largest absolute Gasteiger partial charge is 0.480 e. The second-order valence-electron chi connectivity index (χ2n) is 4.52. The summed E-state index contributed by atoms with van der Waals surface area (Å²) in [6, 6.07) is -0.639. The minimum atomic E-state index is -0.894. The molecule has 16 heavy (non-hydrogen) atoms. The number of carbonyl (C=O) groups is 2. The molecule has 0 saturated carbocycles. The first kappa shape index (κ1) is 13.4. The van der Waals surface area contributed by atoms with Crippen LogP contribution in [0.1, 0.15) is 33.6 Å². The molecule has 1 heterocycles. The van der Waals surface area contributed by atoms with E-state index in [1.54, 1.807) is 0 Å². The highest BCUT2D eigenvalue weighted by molar-refractivity contribution is 8.00. The molecule has 0 aromatic carbocycles. The van der Waals surface area contributed by atoms with E-state index in [-0.39, 0.29) is 11.3 Å². The summed E-state index contributed by atoms with van der Waals surface area (Å²) in [4.78, 5) is 24.4. The summed E-state index contributed by atoms with van der Waals surface area (Å²) in [5.41, 5.74) is 0. The number of carbonyl (C=O) groups excluding carboxylic acids is 1. The fourth-order valence-electron chi connectivity index (χ4n) is 1.75. The van der Waals surface area contributed by atoms with Crippen molar-refractivity contribution < 1.29 is 14.7 Å². The van der Waals surface area contributed by atoms with E-state index >= 15 is 0 Å². The lowest BCUT2D eigenvalue weighted by Gasteiger charge is -2.25. The molecule has 0 aromatic rings. The molecule has 0 aliphatic carbocycles. The van der Waals surface area contributed by atoms with Gasteiger partial charge in [0, 0.05) is 12.2 Å². The first-order valence-electron chi connectivity index (χ1n) is 5.59. The number of carboxylic acid groups (broad SMARTS) is 1. The third-order valence-electron chi connectivity index (χ3n) is 2.73. The molecule has 1 aliphatic heterocycles. The number of carboxylic acids is 1. The Hall–Kier alpha value is -0.710. The number of rotatable bonds is 4. The molecule has 4 nitrogen and oxygen atoms in total. The van der Waals surface area contributed by atoms with E-state index in [4.69, 9.17) is 5.11 Å². The molecule has 1 saturated heterocycles. The van der Waals surface area contributed by atoms with Crippen LogP contribution in [0.5, 0.6) is 0 Å². The SMILES string of the molecule is CC(C)CCC(=O)N1C(C)SCC1C(=O)O. The molecule has 1 N–H and O–H groups in total. The van der Waals surface area contributed by atoms with Crippen LogP contribution < -0.4 is 0 Å². The van der Waals surface area contributed by atoms with Crippen LogP contribution in [0.25, 0.3) is 0 Å². The molecule has 1 aliphatic rings. The zero-order valence-electron chi connectivity index (χ0n) is 9.97. The van der Waals surface area contributed by atoms with Gasteiger partial charge in [-0.2, -0.15) is 0 Å². The van der Waals surface area contributed by atoms with Crippen LogP contribution >= 0.6 is 11.8 Å². The van der Waals surface area contributed by atoms with Crippen molar-refractivity contribution in [3.63, 3.8) is 0 Å². The van der Waals surface area contributed by atoms with Gasteiger partial charge < -0.3 is 10.0 Å². The van der Waals surface area contributed by atoms with Crippen molar-refractivity contribution >= 4 is 23.6 Å². The molecule has 0 aromatic heterocycles. The van der Waals surface area contributed by atoms with Crippen molar-refractivity contribution in [1.29, 1.82) is 0 Å². The van der Waals surface area contributed by atoms with E-state index in [1.165, 1.54) is 16.7 Å². The Bertz CT molecular complexity index is 280. The second-order valence-corrected chi connectivity index (χ2v) is 5.87. The Morgan fingerprint density at radius 3 is 2.62 bits per heavy atom. The predicted octanol–water partition coefficient (Wildman–Crippen LogP) is 1.80. The van der Waals surface area contributed by atoms with Gasteiger partial charge in [0.15, 0.2) is 0 Å². The van der Waals surface area contributed by atoms with E-state index in [0.717, 1.165) is 6.42 Å². The number of hydrogen-bond acceptors (Lipinski definition) is 3. The van der Waals surface area contributed by atoms with Gasteiger partial charge in [-0.3, -0.25) is 4.79 Å². The second kappa shape index (κ2) is 5.57. The summed E-state index contributed by atoms with van der Waals surface area (Å²) in [7, 11) is 0. The van der Waals surface area contributed by atoms with E-state index in [1.807, 2.05) is 6.92 Å². The van der Waals surface area contributed by atoms with Gasteiger partial charge in [0.1, 0.15) is 6.04 Å². The highest BCUT2D eigenvalue weighted by atomic mass is 32.2. The van der Waals surface area contributed by atoms with Gasteiger partial charge in [0.25, 0.3) is 0 Å². The molecule has 2 atom stereocenters. The molecule has 1 amide bonds. The van der Waals surface area contributed by atoms with Crippen LogP contribution in [-0.4, -0.2) is 39.1 Å². The predicted molar refractivity (Wildman–Crippen MR) is 64.3 cm³/mol. The normalized spacial score (nSPS) is 25.1. The average Bonchev–Trinajstić information content (AvgIpc) is 2.56. The van der Waals surface area contributed by atoms with Gasteiger partial charge in [-0.25, -0.2) is 4.79 Å². The van der Waals surface area contributed by atoms with Gasteiger partial charge in [0.2, 0.25) is 5.91 Å². The van der Waals surface area contributed by atoms with Crippen molar-refractivity contribution in [2.75, 3.05) is 5.75 Å². The Morgan fingerprint density at radius 2 is 2.12 bits per heavy atom. The maximum Gasteiger partial charge on any atom is 0.327 e. The molecule has 2 unspecified atom stereocenters. The lowest BCUT2D eigenvalue weighted by atomic mass is 10.1. The summed E-state index contributed by atoms with van der Waals surface area (Å²) in [5, 5.41) is 9.01. The zero-order chi connectivity index (χ0) is 12.3. The number of hydrogen-bond donors (Lipinski definition) is 1. The summed E-state index contributed by atoms with van der Waals surface area (Å²) >= 11 is 1.53. The quantitative estimate of drug-likeness (QED) is 0.820. The van der Waals surface area contributed by atoms with Gasteiger partial charge in [0.05, 0.1) is 5.37 Å². The van der Waals surface area contributed by atoms with E-state index in [0.29, 0.717) is 18.1 Å². The fourth-order valence-corrected chi connectivity index (χ4v) is 2.94. The maximum atomic E-state index is 11.9. The van der Waals surface area contributed by atoms with Crippen LogP contribution in [0.15, 0.2) is 0 Å². The number of amides is 1. The minimum Gasteiger partial charge on any atom is -0.480 e. The summed E-state index contributed by atoms with van der Waals surface area (Å²) in [5.74, 6) is 0.0512. The van der Waals surface area contributed by atoms with Gasteiger partial charge >= 0.3 is 5.97 Å². The van der Waals surface area contributed by atoms with Crippen LogP contribution in [0.3, 0.4) is 0 Å². The van der Waals surface area contributed by atoms with Crippen molar-refractivity contribution in [3.05, 3.63) is 0 Å². The van der Waals surface area contributed by atoms with Crippen LogP contribution in [0.2, 0.25) is 0 Å². The lowest BCUT2D eigenvalue weighted by molar-refractivity contribution is -0.149. The first-order chi connectivity index (χ1) is 7.43. The van der Waals surface area contributed by atoms with Crippen LogP contribution in [0.4, 0.5) is 0 Å². The van der Waals surface area contributed by atoms with Gasteiger partial charge in [-0.05, 0) is 19.3 Å². The smallest absolute Gasteiger partial charge is 0.327 e. The summed E-state index contributed by atoms with van der Waals surface area (Å²) < 4.78 is 0. The van der Waals surface area contributed by atoms with E-state index in [9.17, 15) is 9.59 Å². The van der Waals surface area contributed by atoms with Crippen molar-refractivity contribution in [2.45, 2.75) is 45.0 Å². The van der Waals surface area contributed by atoms with E-state index < -0.39 is 12.0 Å². The van der Waals surface area contributed by atoms with Crippen molar-refractivity contribution in [3.8, 4) is 0 Å². The maximum absolute atomic E-state index is 11.9. The lowest BCUT2D eigenvalue weighted by Crippen LogP contribution is -2.44. The third kappa shape index (κ3) is 3.14. The monoisotopic (exact) mass is 245 g/mol. The summed E-state index contributed by atoms with van der Waals surface area (Å²) in [6.45, 7) is 6.01. The molecule has 5 heteroatoms. The molecule has 0 spiro atoms. The molecular formula is C11H19NO3S. The summed E-state index contributed by atoms with van der Waals surface area (Å²) in [6.07, 6.45) is 1.27. The van der Waals surface area contributed by atoms with Crippen molar-refractivity contribution in [2.24, 2.45) is 5.92 Å². The zero-order valence-corrected chi connectivity index (χ0v) is 10.8. The number of nitrogens with zero attached hydrogens (tertiary/aromatic N) is 1.